The van der Waals surface area contributed by atoms with E-state index in [9.17, 15) is 0 Å². The van der Waals surface area contributed by atoms with Gasteiger partial charge in [0.15, 0.2) is 0 Å². The van der Waals surface area contributed by atoms with Gasteiger partial charge in [-0.2, -0.15) is 26.3 Å². The molecule has 0 aliphatic rings. The molecule has 0 saturated carbocycles. The van der Waals surface area contributed by atoms with Crippen molar-refractivity contribution in [3.8, 4) is 0 Å². The van der Waals surface area contributed by atoms with Gasteiger partial charge in [0.1, 0.15) is 5.82 Å². The van der Waals surface area contributed by atoms with Crippen LogP contribution in [0, 0.1) is 0 Å². The van der Waals surface area contributed by atoms with Crippen LogP contribution in [0.4, 0.5) is 11.9 Å². The van der Waals surface area contributed by atoms with Gasteiger partial charge in [-0.3, -0.25) is 0 Å². The minimum absolute atomic E-state index is 0.169. The summed E-state index contributed by atoms with van der Waals surface area (Å²) < 4.78 is 0. The molecule has 6 heteroatoms. The number of nitrogen functional groups attached to an aromatic ring is 2. The predicted octanol–water partition coefficient (Wildman–Crippen LogP) is 0.688. The molecule has 2 rings (SSSR count). The molecule has 5 nitrogen and oxygen atoms in total. The topological polar surface area (TPSA) is 90.7 Å². The fraction of sp³-hybridized carbons (Fsp3) is 0.125. The van der Waals surface area contributed by atoms with E-state index in [1.165, 1.54) is 0 Å². The lowest BCUT2D eigenvalue weighted by Gasteiger charge is -1.99. The Morgan fingerprint density at radius 3 is 2.43 bits per heavy atom. The summed E-state index contributed by atoms with van der Waals surface area (Å²) in [7, 11) is 0. The van der Waals surface area contributed by atoms with Gasteiger partial charge in [-0.05, 0) is 22.4 Å². The fourth-order valence-electron chi connectivity index (χ4n) is 1.11. The maximum atomic E-state index is 5.45. The summed E-state index contributed by atoms with van der Waals surface area (Å²) >= 11 is 1.63. The first-order valence-electron chi connectivity index (χ1n) is 4.01. The van der Waals surface area contributed by atoms with E-state index in [1.54, 1.807) is 11.3 Å². The lowest BCUT2D eigenvalue weighted by Crippen LogP contribution is -2.06. The molecule has 0 unspecified atom stereocenters. The first-order chi connectivity index (χ1) is 6.74. The fourth-order valence-corrected chi connectivity index (χ4v) is 1.78. The summed E-state index contributed by atoms with van der Waals surface area (Å²) in [6, 6.07) is 2.01. The average molecular weight is 207 g/mol. The maximum Gasteiger partial charge on any atom is 0.225 e. The summed E-state index contributed by atoms with van der Waals surface area (Å²) in [6.45, 7) is 0. The van der Waals surface area contributed by atoms with E-state index in [2.05, 4.69) is 15.0 Å². The number of hydrogen-bond acceptors (Lipinski definition) is 6. The van der Waals surface area contributed by atoms with Crippen molar-refractivity contribution in [2.45, 2.75) is 6.42 Å². The number of anilines is 2. The van der Waals surface area contributed by atoms with Crippen LogP contribution in [0.3, 0.4) is 0 Å². The number of aromatic nitrogens is 3. The standard InChI is InChI=1S/C8H9N5S/c9-7-11-6(12-8(10)13-7)3-5-1-2-14-4-5/h1-2,4H,3H2,(H4,9,10,11,12,13). The minimum atomic E-state index is 0.169. The van der Waals surface area contributed by atoms with Gasteiger partial charge < -0.3 is 11.5 Å². The molecule has 0 amide bonds. The summed E-state index contributed by atoms with van der Waals surface area (Å²) in [5.74, 6) is 0.943. The highest BCUT2D eigenvalue weighted by molar-refractivity contribution is 7.07. The summed E-state index contributed by atoms with van der Waals surface area (Å²) in [4.78, 5) is 11.7. The third-order valence-corrected chi connectivity index (χ3v) is 2.39. The van der Waals surface area contributed by atoms with Gasteiger partial charge in [-0.15, -0.1) is 0 Å². The number of hydrogen-bond donors (Lipinski definition) is 2. The highest BCUT2D eigenvalue weighted by Crippen LogP contribution is 2.10. The Morgan fingerprint density at radius 2 is 1.86 bits per heavy atom. The molecule has 2 aromatic heterocycles. The Balaban J connectivity index is 2.25. The van der Waals surface area contributed by atoms with Crippen molar-refractivity contribution < 1.29 is 0 Å². The molecular weight excluding hydrogens is 198 g/mol. The Kier molecular flexibility index (Phi) is 2.28. The van der Waals surface area contributed by atoms with Gasteiger partial charge in [0.05, 0.1) is 0 Å². The molecule has 0 saturated heterocycles. The SMILES string of the molecule is Nc1nc(N)nc(Cc2ccsc2)n1. The van der Waals surface area contributed by atoms with Crippen molar-refractivity contribution in [2.24, 2.45) is 0 Å². The number of thiophene rings is 1. The van der Waals surface area contributed by atoms with Crippen LogP contribution in [0.15, 0.2) is 16.8 Å². The van der Waals surface area contributed by atoms with Gasteiger partial charge >= 0.3 is 0 Å². The Labute approximate surface area is 84.8 Å². The zero-order valence-electron chi connectivity index (χ0n) is 7.34. The van der Waals surface area contributed by atoms with E-state index in [-0.39, 0.29) is 11.9 Å². The van der Waals surface area contributed by atoms with Crippen LogP contribution in [0.1, 0.15) is 11.4 Å². The average Bonchev–Trinajstić information content (AvgIpc) is 2.54. The minimum Gasteiger partial charge on any atom is -0.368 e. The number of nitrogens with two attached hydrogens (primary N) is 2. The second-order valence-electron chi connectivity index (χ2n) is 2.78. The second-order valence-corrected chi connectivity index (χ2v) is 3.56. The quantitative estimate of drug-likeness (QED) is 0.756. The van der Waals surface area contributed by atoms with E-state index in [4.69, 9.17) is 11.5 Å². The zero-order valence-corrected chi connectivity index (χ0v) is 8.16. The Morgan fingerprint density at radius 1 is 1.14 bits per heavy atom. The smallest absolute Gasteiger partial charge is 0.225 e. The molecule has 0 atom stereocenters. The maximum absolute atomic E-state index is 5.45. The largest absolute Gasteiger partial charge is 0.368 e. The molecule has 2 aromatic rings. The van der Waals surface area contributed by atoms with Gasteiger partial charge in [0, 0.05) is 6.42 Å². The first kappa shape index (κ1) is 8.89. The summed E-state index contributed by atoms with van der Waals surface area (Å²) in [6.07, 6.45) is 0.639. The molecule has 14 heavy (non-hydrogen) atoms. The van der Waals surface area contributed by atoms with Crippen LogP contribution < -0.4 is 11.5 Å². The van der Waals surface area contributed by atoms with Crippen LogP contribution in [-0.2, 0) is 6.42 Å². The first-order valence-corrected chi connectivity index (χ1v) is 4.95. The molecule has 4 N–H and O–H groups in total. The molecular formula is C8H9N5S. The highest BCUT2D eigenvalue weighted by Gasteiger charge is 2.03. The summed E-state index contributed by atoms with van der Waals surface area (Å²) in [5, 5.41) is 4.04. The molecule has 0 aliphatic carbocycles. The zero-order chi connectivity index (χ0) is 9.97. The van der Waals surface area contributed by atoms with Crippen molar-refractivity contribution in [3.05, 3.63) is 28.2 Å². The summed E-state index contributed by atoms with van der Waals surface area (Å²) in [5.41, 5.74) is 12.1. The lowest BCUT2D eigenvalue weighted by molar-refractivity contribution is 0.942. The molecule has 72 valence electrons. The van der Waals surface area contributed by atoms with E-state index >= 15 is 0 Å². The van der Waals surface area contributed by atoms with Gasteiger partial charge in [0.25, 0.3) is 0 Å². The lowest BCUT2D eigenvalue weighted by atomic mass is 10.2. The molecule has 0 spiro atoms. The molecule has 0 bridgehead atoms. The highest BCUT2D eigenvalue weighted by atomic mass is 32.1. The van der Waals surface area contributed by atoms with E-state index < -0.39 is 0 Å². The van der Waals surface area contributed by atoms with E-state index in [0.717, 1.165) is 5.56 Å². The van der Waals surface area contributed by atoms with Crippen molar-refractivity contribution in [3.63, 3.8) is 0 Å². The Hall–Kier alpha value is -1.69. The Bertz CT molecular complexity index is 405. The van der Waals surface area contributed by atoms with Crippen LogP contribution in [0.5, 0.6) is 0 Å². The predicted molar refractivity (Wildman–Crippen MR) is 55.8 cm³/mol. The second kappa shape index (κ2) is 3.59. The molecule has 0 radical (unpaired) electrons. The third-order valence-electron chi connectivity index (χ3n) is 1.66. The third kappa shape index (κ3) is 1.97. The van der Waals surface area contributed by atoms with Gasteiger partial charge in [0.2, 0.25) is 11.9 Å². The van der Waals surface area contributed by atoms with Crippen LogP contribution in [0.25, 0.3) is 0 Å². The molecule has 0 fully saturated rings. The van der Waals surface area contributed by atoms with Crippen LogP contribution in [-0.4, -0.2) is 15.0 Å². The monoisotopic (exact) mass is 207 g/mol. The van der Waals surface area contributed by atoms with Gasteiger partial charge in [-0.1, -0.05) is 0 Å². The molecule has 0 aliphatic heterocycles. The normalized spacial score (nSPS) is 10.3. The van der Waals surface area contributed by atoms with Crippen molar-refractivity contribution in [1.29, 1.82) is 0 Å². The van der Waals surface area contributed by atoms with E-state index in [1.807, 2.05) is 16.8 Å². The van der Waals surface area contributed by atoms with Crippen LogP contribution >= 0.6 is 11.3 Å². The van der Waals surface area contributed by atoms with Crippen molar-refractivity contribution >= 4 is 23.2 Å². The molecule has 2 heterocycles. The van der Waals surface area contributed by atoms with Crippen molar-refractivity contribution in [1.82, 2.24) is 15.0 Å². The van der Waals surface area contributed by atoms with Crippen LogP contribution in [0.2, 0.25) is 0 Å². The number of nitrogens with zero attached hydrogens (tertiary/aromatic N) is 3. The van der Waals surface area contributed by atoms with Crippen molar-refractivity contribution in [2.75, 3.05) is 11.5 Å². The number of rotatable bonds is 2. The van der Waals surface area contributed by atoms with Gasteiger partial charge in [-0.25, -0.2) is 0 Å². The molecule has 0 aromatic carbocycles. The van der Waals surface area contributed by atoms with E-state index in [0.29, 0.717) is 12.2 Å².